The van der Waals surface area contributed by atoms with Gasteiger partial charge in [0.2, 0.25) is 0 Å². The Morgan fingerprint density at radius 2 is 1.66 bits per heavy atom. The van der Waals surface area contributed by atoms with Crippen LogP contribution in [0.2, 0.25) is 0 Å². The van der Waals surface area contributed by atoms with Crippen molar-refractivity contribution in [3.63, 3.8) is 0 Å². The Balaban J connectivity index is 1.58. The van der Waals surface area contributed by atoms with Crippen LogP contribution in [0.25, 0.3) is 0 Å². The van der Waals surface area contributed by atoms with Crippen molar-refractivity contribution in [2.45, 2.75) is 6.54 Å². The molecule has 3 rings (SSSR count). The van der Waals surface area contributed by atoms with Crippen LogP contribution in [0, 0.1) is 0 Å². The zero-order chi connectivity index (χ0) is 20.6. The van der Waals surface area contributed by atoms with Crippen LogP contribution in [0.3, 0.4) is 0 Å². The number of hydrogen-bond donors (Lipinski definition) is 2. The van der Waals surface area contributed by atoms with Crippen molar-refractivity contribution in [2.24, 2.45) is 0 Å². The Labute approximate surface area is 168 Å². The van der Waals surface area contributed by atoms with Crippen LogP contribution in [0.4, 0.5) is 11.5 Å². The monoisotopic (exact) mass is 394 g/mol. The van der Waals surface area contributed by atoms with Gasteiger partial charge in [-0.25, -0.2) is 9.97 Å². The summed E-state index contributed by atoms with van der Waals surface area (Å²) in [5.74, 6) is 2.22. The lowest BCUT2D eigenvalue weighted by molar-refractivity contribution is 0.0945. The number of methoxy groups -OCH3 is 3. The molecule has 1 amide bonds. The summed E-state index contributed by atoms with van der Waals surface area (Å²) in [5.41, 5.74) is 1.94. The average molecular weight is 394 g/mol. The van der Waals surface area contributed by atoms with Crippen LogP contribution in [-0.4, -0.2) is 37.2 Å². The van der Waals surface area contributed by atoms with Gasteiger partial charge in [-0.15, -0.1) is 0 Å². The van der Waals surface area contributed by atoms with E-state index in [0.717, 1.165) is 17.0 Å². The highest BCUT2D eigenvalue weighted by Crippen LogP contribution is 2.27. The number of nitrogens with zero attached hydrogens (tertiary/aromatic N) is 2. The van der Waals surface area contributed by atoms with Gasteiger partial charge in [0.1, 0.15) is 17.3 Å². The molecule has 0 unspecified atom stereocenters. The Kier molecular flexibility index (Phi) is 6.47. The number of aromatic nitrogens is 2. The number of anilines is 2. The molecule has 0 saturated heterocycles. The second-order valence-electron chi connectivity index (χ2n) is 6.01. The predicted octanol–water partition coefficient (Wildman–Crippen LogP) is 3.18. The third-order valence-electron chi connectivity index (χ3n) is 4.15. The van der Waals surface area contributed by atoms with E-state index in [4.69, 9.17) is 14.2 Å². The molecule has 0 aliphatic carbocycles. The maximum atomic E-state index is 12.3. The summed E-state index contributed by atoms with van der Waals surface area (Å²) in [7, 11) is 4.76. The highest BCUT2D eigenvalue weighted by atomic mass is 16.5. The SMILES string of the molecule is COc1ccc(Nc2cnc(C(=O)NCc3ccc(OC)c(OC)c3)cn2)cc1. The molecule has 0 bridgehead atoms. The third-order valence-corrected chi connectivity index (χ3v) is 4.15. The predicted molar refractivity (Wildman–Crippen MR) is 109 cm³/mol. The molecule has 0 aliphatic rings. The molecular formula is C21H22N4O4. The van der Waals surface area contributed by atoms with Crippen LogP contribution in [-0.2, 0) is 6.54 Å². The number of hydrogen-bond acceptors (Lipinski definition) is 7. The van der Waals surface area contributed by atoms with Crippen LogP contribution in [0.1, 0.15) is 16.1 Å². The lowest BCUT2D eigenvalue weighted by Gasteiger charge is -2.10. The van der Waals surface area contributed by atoms with E-state index in [1.54, 1.807) is 27.4 Å². The number of nitrogens with one attached hydrogen (secondary N) is 2. The fourth-order valence-electron chi connectivity index (χ4n) is 2.60. The Morgan fingerprint density at radius 1 is 0.897 bits per heavy atom. The number of rotatable bonds is 8. The van der Waals surface area contributed by atoms with Crippen molar-refractivity contribution in [2.75, 3.05) is 26.6 Å². The molecule has 3 aromatic rings. The van der Waals surface area contributed by atoms with Gasteiger partial charge < -0.3 is 24.8 Å². The van der Waals surface area contributed by atoms with E-state index < -0.39 is 0 Å². The Morgan fingerprint density at radius 3 is 2.28 bits per heavy atom. The van der Waals surface area contributed by atoms with Gasteiger partial charge in [0.15, 0.2) is 11.5 Å². The van der Waals surface area contributed by atoms with Crippen molar-refractivity contribution in [1.82, 2.24) is 15.3 Å². The van der Waals surface area contributed by atoms with Gasteiger partial charge in [-0.1, -0.05) is 6.07 Å². The molecule has 1 aromatic heterocycles. The summed E-state index contributed by atoms with van der Waals surface area (Å²) in [6, 6.07) is 12.9. The standard InChI is InChI=1S/C21H22N4O4/c1-27-16-7-5-15(6-8-16)25-20-13-22-17(12-23-20)21(26)24-11-14-4-9-18(28-2)19(10-14)29-3/h4-10,12-13H,11H2,1-3H3,(H,23,25)(H,24,26). The van der Waals surface area contributed by atoms with Gasteiger partial charge in [0.05, 0.1) is 33.7 Å². The second kappa shape index (κ2) is 9.41. The maximum absolute atomic E-state index is 12.3. The summed E-state index contributed by atoms with van der Waals surface area (Å²) >= 11 is 0. The minimum absolute atomic E-state index is 0.228. The molecule has 29 heavy (non-hydrogen) atoms. The summed E-state index contributed by atoms with van der Waals surface area (Å²) in [4.78, 5) is 20.7. The van der Waals surface area contributed by atoms with Gasteiger partial charge in [0, 0.05) is 12.2 Å². The molecule has 1 heterocycles. The molecule has 0 saturated carbocycles. The minimum Gasteiger partial charge on any atom is -0.497 e. The van der Waals surface area contributed by atoms with E-state index >= 15 is 0 Å². The van der Waals surface area contributed by atoms with Crippen molar-refractivity contribution in [1.29, 1.82) is 0 Å². The van der Waals surface area contributed by atoms with Crippen LogP contribution in [0.15, 0.2) is 54.9 Å². The highest BCUT2D eigenvalue weighted by Gasteiger charge is 2.10. The van der Waals surface area contributed by atoms with Gasteiger partial charge in [-0.3, -0.25) is 4.79 Å². The number of benzene rings is 2. The quantitative estimate of drug-likeness (QED) is 0.606. The van der Waals surface area contributed by atoms with E-state index in [9.17, 15) is 4.79 Å². The number of ether oxygens (including phenoxy) is 3. The zero-order valence-electron chi connectivity index (χ0n) is 16.4. The molecule has 0 atom stereocenters. The topological polar surface area (TPSA) is 94.6 Å². The van der Waals surface area contributed by atoms with E-state index in [1.807, 2.05) is 36.4 Å². The van der Waals surface area contributed by atoms with Crippen LogP contribution in [0.5, 0.6) is 17.2 Å². The number of amides is 1. The first-order valence-electron chi connectivity index (χ1n) is 8.85. The molecular weight excluding hydrogens is 372 g/mol. The molecule has 8 heteroatoms. The maximum Gasteiger partial charge on any atom is 0.271 e. The average Bonchev–Trinajstić information content (AvgIpc) is 2.78. The molecule has 0 radical (unpaired) electrons. The highest BCUT2D eigenvalue weighted by molar-refractivity contribution is 5.92. The van der Waals surface area contributed by atoms with Crippen molar-refractivity contribution < 1.29 is 19.0 Å². The van der Waals surface area contributed by atoms with E-state index in [1.165, 1.54) is 12.4 Å². The molecule has 8 nitrogen and oxygen atoms in total. The number of carbonyl (C=O) groups is 1. The van der Waals surface area contributed by atoms with Crippen LogP contribution >= 0.6 is 0 Å². The van der Waals surface area contributed by atoms with Gasteiger partial charge in [0.25, 0.3) is 5.91 Å². The Bertz CT molecular complexity index is 959. The summed E-state index contributed by atoms with van der Waals surface area (Å²) < 4.78 is 15.6. The van der Waals surface area contributed by atoms with E-state index in [2.05, 4.69) is 20.6 Å². The Hall–Kier alpha value is -3.81. The molecule has 0 fully saturated rings. The molecule has 150 valence electrons. The van der Waals surface area contributed by atoms with Crippen LogP contribution < -0.4 is 24.8 Å². The van der Waals surface area contributed by atoms with E-state index in [0.29, 0.717) is 23.9 Å². The van der Waals surface area contributed by atoms with Crippen molar-refractivity contribution in [3.8, 4) is 17.2 Å². The summed E-state index contributed by atoms with van der Waals surface area (Å²) in [6.45, 7) is 0.326. The molecule has 2 aromatic carbocycles. The lowest BCUT2D eigenvalue weighted by Crippen LogP contribution is -2.24. The lowest BCUT2D eigenvalue weighted by atomic mass is 10.2. The third kappa shape index (κ3) is 5.13. The normalized spacial score (nSPS) is 10.2. The van der Waals surface area contributed by atoms with Crippen molar-refractivity contribution in [3.05, 3.63) is 66.1 Å². The van der Waals surface area contributed by atoms with E-state index in [-0.39, 0.29) is 11.6 Å². The first-order valence-corrected chi connectivity index (χ1v) is 8.85. The van der Waals surface area contributed by atoms with Crippen molar-refractivity contribution >= 4 is 17.4 Å². The first kappa shape index (κ1) is 19.9. The summed E-state index contributed by atoms with van der Waals surface area (Å²) in [6.07, 6.45) is 2.94. The van der Waals surface area contributed by atoms with Gasteiger partial charge >= 0.3 is 0 Å². The smallest absolute Gasteiger partial charge is 0.271 e. The van der Waals surface area contributed by atoms with Gasteiger partial charge in [-0.2, -0.15) is 0 Å². The molecule has 0 spiro atoms. The largest absolute Gasteiger partial charge is 0.497 e. The second-order valence-corrected chi connectivity index (χ2v) is 6.01. The van der Waals surface area contributed by atoms with Gasteiger partial charge in [-0.05, 0) is 42.0 Å². The minimum atomic E-state index is -0.316. The fraction of sp³-hybridized carbons (Fsp3) is 0.190. The molecule has 0 aliphatic heterocycles. The first-order chi connectivity index (χ1) is 14.1. The molecule has 2 N–H and O–H groups in total. The summed E-state index contributed by atoms with van der Waals surface area (Å²) in [5, 5.41) is 5.93. The zero-order valence-corrected chi connectivity index (χ0v) is 16.4. The number of carbonyl (C=O) groups excluding carboxylic acids is 1. The fourth-order valence-corrected chi connectivity index (χ4v) is 2.60.